The molecule has 1 amide bonds. The second-order valence-corrected chi connectivity index (χ2v) is 8.59. The molecule has 8 nitrogen and oxygen atoms in total. The van der Waals surface area contributed by atoms with Crippen LogP contribution in [-0.2, 0) is 19.6 Å². The molecule has 0 spiro atoms. The molecule has 34 heavy (non-hydrogen) atoms. The Balaban J connectivity index is 1.63. The third-order valence-electron chi connectivity index (χ3n) is 4.44. The van der Waals surface area contributed by atoms with E-state index >= 15 is 0 Å². The number of esters is 1. The number of alkyl halides is 2. The van der Waals surface area contributed by atoms with Crippen molar-refractivity contribution in [2.75, 3.05) is 10.0 Å². The smallest absolute Gasteiger partial charge is 0.387 e. The van der Waals surface area contributed by atoms with E-state index in [-0.39, 0.29) is 21.9 Å². The maximum atomic E-state index is 12.5. The van der Waals surface area contributed by atoms with Crippen LogP contribution in [-0.4, -0.2) is 33.0 Å². The van der Waals surface area contributed by atoms with Gasteiger partial charge in [-0.15, -0.1) is 0 Å². The highest BCUT2D eigenvalue weighted by Gasteiger charge is 2.22. The van der Waals surface area contributed by atoms with Crippen molar-refractivity contribution < 1.29 is 36.3 Å². The van der Waals surface area contributed by atoms with Gasteiger partial charge in [0, 0.05) is 5.69 Å². The van der Waals surface area contributed by atoms with E-state index in [2.05, 4.69) is 14.8 Å². The number of para-hydroxylation sites is 3. The summed E-state index contributed by atoms with van der Waals surface area (Å²) in [7, 11) is -3.87. The SMILES string of the molecule is CC(OC(=O)c1ccc(S(=O)(=O)Nc2ccccc2)cc1)C(=O)Nc1ccccc1OC(F)F. The Morgan fingerprint density at radius 1 is 0.882 bits per heavy atom. The summed E-state index contributed by atoms with van der Waals surface area (Å²) < 4.78 is 61.9. The van der Waals surface area contributed by atoms with Crippen LogP contribution in [0.25, 0.3) is 0 Å². The first-order chi connectivity index (χ1) is 16.2. The number of rotatable bonds is 9. The molecule has 1 unspecified atom stereocenters. The number of carbonyl (C=O) groups excluding carboxylic acids is 2. The van der Waals surface area contributed by atoms with E-state index in [0.29, 0.717) is 5.69 Å². The predicted octanol–water partition coefficient (Wildman–Crippen LogP) is 4.27. The third kappa shape index (κ3) is 6.51. The fraction of sp³-hybridized carbons (Fsp3) is 0.130. The number of hydrogen-bond acceptors (Lipinski definition) is 6. The Kier molecular flexibility index (Phi) is 7.79. The van der Waals surface area contributed by atoms with Gasteiger partial charge in [0.2, 0.25) is 0 Å². The molecule has 0 saturated carbocycles. The Hall–Kier alpha value is -3.99. The van der Waals surface area contributed by atoms with Crippen molar-refractivity contribution in [2.45, 2.75) is 24.5 Å². The Bertz CT molecular complexity index is 1250. The molecular formula is C23H20F2N2O6S. The van der Waals surface area contributed by atoms with Gasteiger partial charge < -0.3 is 14.8 Å². The zero-order valence-corrected chi connectivity index (χ0v) is 18.6. The van der Waals surface area contributed by atoms with Gasteiger partial charge in [0.25, 0.3) is 15.9 Å². The molecule has 0 saturated heterocycles. The zero-order valence-electron chi connectivity index (χ0n) is 17.8. The van der Waals surface area contributed by atoms with Crippen LogP contribution in [0.3, 0.4) is 0 Å². The number of halogens is 2. The number of benzene rings is 3. The molecule has 3 aromatic carbocycles. The molecule has 0 radical (unpaired) electrons. The predicted molar refractivity (Wildman–Crippen MR) is 120 cm³/mol. The van der Waals surface area contributed by atoms with Crippen LogP contribution in [0.15, 0.2) is 83.8 Å². The molecule has 2 N–H and O–H groups in total. The van der Waals surface area contributed by atoms with Crippen molar-refractivity contribution in [3.63, 3.8) is 0 Å². The van der Waals surface area contributed by atoms with Crippen molar-refractivity contribution in [3.8, 4) is 5.75 Å². The highest BCUT2D eigenvalue weighted by molar-refractivity contribution is 7.92. The lowest BCUT2D eigenvalue weighted by atomic mass is 10.2. The summed E-state index contributed by atoms with van der Waals surface area (Å²) in [5, 5.41) is 2.36. The first-order valence-electron chi connectivity index (χ1n) is 9.89. The third-order valence-corrected chi connectivity index (χ3v) is 5.84. The maximum Gasteiger partial charge on any atom is 0.387 e. The molecule has 0 bridgehead atoms. The number of nitrogens with one attached hydrogen (secondary N) is 2. The van der Waals surface area contributed by atoms with Gasteiger partial charge in [-0.3, -0.25) is 9.52 Å². The largest absolute Gasteiger partial charge is 0.449 e. The maximum absolute atomic E-state index is 12.5. The van der Waals surface area contributed by atoms with Gasteiger partial charge in [0.15, 0.2) is 6.10 Å². The molecular weight excluding hydrogens is 470 g/mol. The number of anilines is 2. The minimum absolute atomic E-state index is 0.0137. The van der Waals surface area contributed by atoms with Crippen LogP contribution in [0.1, 0.15) is 17.3 Å². The summed E-state index contributed by atoms with van der Waals surface area (Å²) in [4.78, 5) is 24.7. The minimum atomic E-state index is -3.87. The highest BCUT2D eigenvalue weighted by Crippen LogP contribution is 2.26. The second-order valence-electron chi connectivity index (χ2n) is 6.91. The van der Waals surface area contributed by atoms with Crippen LogP contribution >= 0.6 is 0 Å². The molecule has 0 aliphatic heterocycles. The number of carbonyl (C=O) groups is 2. The van der Waals surface area contributed by atoms with E-state index in [1.54, 1.807) is 30.3 Å². The fourth-order valence-corrected chi connectivity index (χ4v) is 3.83. The number of ether oxygens (including phenoxy) is 2. The van der Waals surface area contributed by atoms with E-state index in [0.717, 1.165) is 0 Å². The highest BCUT2D eigenvalue weighted by atomic mass is 32.2. The molecule has 11 heteroatoms. The molecule has 0 aliphatic rings. The van der Waals surface area contributed by atoms with Crippen LogP contribution in [0, 0.1) is 0 Å². The van der Waals surface area contributed by atoms with E-state index < -0.39 is 34.6 Å². The van der Waals surface area contributed by atoms with Crippen LogP contribution in [0.5, 0.6) is 5.75 Å². The van der Waals surface area contributed by atoms with Crippen LogP contribution in [0.4, 0.5) is 20.2 Å². The lowest BCUT2D eigenvalue weighted by molar-refractivity contribution is -0.123. The quantitative estimate of drug-likeness (QED) is 0.434. The van der Waals surface area contributed by atoms with Gasteiger partial charge in [0.05, 0.1) is 16.1 Å². The van der Waals surface area contributed by atoms with Gasteiger partial charge in [-0.25, -0.2) is 13.2 Å². The van der Waals surface area contributed by atoms with Crippen molar-refractivity contribution in [2.24, 2.45) is 0 Å². The molecule has 0 heterocycles. The molecule has 178 valence electrons. The lowest BCUT2D eigenvalue weighted by Gasteiger charge is -2.16. The summed E-state index contributed by atoms with van der Waals surface area (Å²) >= 11 is 0. The van der Waals surface area contributed by atoms with E-state index in [9.17, 15) is 26.8 Å². The fourth-order valence-electron chi connectivity index (χ4n) is 2.78. The van der Waals surface area contributed by atoms with Crippen LogP contribution < -0.4 is 14.8 Å². The van der Waals surface area contributed by atoms with E-state index in [1.807, 2.05) is 0 Å². The number of sulfonamides is 1. The van der Waals surface area contributed by atoms with Gasteiger partial charge in [-0.1, -0.05) is 30.3 Å². The lowest BCUT2D eigenvalue weighted by Crippen LogP contribution is -2.30. The molecule has 0 aromatic heterocycles. The summed E-state index contributed by atoms with van der Waals surface area (Å²) in [5.74, 6) is -1.89. The number of amides is 1. The Morgan fingerprint density at radius 3 is 2.15 bits per heavy atom. The summed E-state index contributed by atoms with van der Waals surface area (Å²) in [5.41, 5.74) is 0.377. The van der Waals surface area contributed by atoms with Crippen molar-refractivity contribution in [3.05, 3.63) is 84.4 Å². The molecule has 0 aliphatic carbocycles. The number of hydrogen-bond donors (Lipinski definition) is 2. The molecule has 1 atom stereocenters. The van der Waals surface area contributed by atoms with E-state index in [1.165, 1.54) is 55.5 Å². The normalized spacial score (nSPS) is 12.0. The van der Waals surface area contributed by atoms with E-state index in [4.69, 9.17) is 4.74 Å². The van der Waals surface area contributed by atoms with Crippen LogP contribution in [0.2, 0.25) is 0 Å². The molecule has 3 rings (SSSR count). The van der Waals surface area contributed by atoms with Gasteiger partial charge in [0.1, 0.15) is 5.75 Å². The standard InChI is InChI=1S/C23H20F2N2O6S/c1-15(21(28)26-19-9-5-6-10-20(19)33-23(24)25)32-22(29)16-11-13-18(14-12-16)34(30,31)27-17-7-3-2-4-8-17/h2-15,23,27H,1H3,(H,26,28). The first-order valence-corrected chi connectivity index (χ1v) is 11.4. The van der Waals surface area contributed by atoms with Gasteiger partial charge in [-0.05, 0) is 55.5 Å². The zero-order chi connectivity index (χ0) is 24.7. The van der Waals surface area contributed by atoms with Crippen molar-refractivity contribution >= 4 is 33.3 Å². The van der Waals surface area contributed by atoms with Gasteiger partial charge in [-0.2, -0.15) is 8.78 Å². The van der Waals surface area contributed by atoms with Crippen molar-refractivity contribution in [1.29, 1.82) is 0 Å². The molecule has 0 fully saturated rings. The average Bonchev–Trinajstić information content (AvgIpc) is 2.80. The summed E-state index contributed by atoms with van der Waals surface area (Å²) in [6, 6.07) is 18.8. The van der Waals surface area contributed by atoms with Gasteiger partial charge >= 0.3 is 12.6 Å². The second kappa shape index (κ2) is 10.8. The topological polar surface area (TPSA) is 111 Å². The van der Waals surface area contributed by atoms with Crippen molar-refractivity contribution in [1.82, 2.24) is 0 Å². The Labute approximate surface area is 194 Å². The monoisotopic (exact) mass is 490 g/mol. The average molecular weight is 490 g/mol. The Morgan fingerprint density at radius 2 is 1.50 bits per heavy atom. The summed E-state index contributed by atoms with van der Waals surface area (Å²) in [6.07, 6.45) is -1.28. The summed E-state index contributed by atoms with van der Waals surface area (Å²) in [6.45, 7) is -1.78. The molecule has 3 aromatic rings. The minimum Gasteiger partial charge on any atom is -0.449 e. The first kappa shape index (κ1) is 24.6.